The van der Waals surface area contributed by atoms with E-state index in [9.17, 15) is 4.79 Å². The predicted molar refractivity (Wildman–Crippen MR) is 123 cm³/mol. The molecule has 0 spiro atoms. The second-order valence-electron chi connectivity index (χ2n) is 7.25. The van der Waals surface area contributed by atoms with Gasteiger partial charge in [-0.25, -0.2) is 0 Å². The molecule has 1 atom stereocenters. The molecule has 0 aliphatic carbocycles. The fraction of sp³-hybridized carbons (Fsp3) is 0.200. The van der Waals surface area contributed by atoms with Gasteiger partial charge in [-0.1, -0.05) is 65.8 Å². The van der Waals surface area contributed by atoms with E-state index in [2.05, 4.69) is 10.5 Å². The van der Waals surface area contributed by atoms with Gasteiger partial charge in [0.25, 0.3) is 5.91 Å². The number of benzene rings is 3. The van der Waals surface area contributed by atoms with Crippen LogP contribution >= 0.6 is 0 Å². The Morgan fingerprint density at radius 3 is 2.32 bits per heavy atom. The van der Waals surface area contributed by atoms with Gasteiger partial charge in [0, 0.05) is 5.69 Å². The molecule has 6 nitrogen and oxygen atoms in total. The van der Waals surface area contributed by atoms with Crippen LogP contribution in [0.2, 0.25) is 0 Å². The Labute approximate surface area is 182 Å². The smallest absolute Gasteiger partial charge is 0.268 e. The third kappa shape index (κ3) is 5.85. The Morgan fingerprint density at radius 2 is 1.61 bits per heavy atom. The summed E-state index contributed by atoms with van der Waals surface area (Å²) in [6.45, 7) is 5.91. The van der Waals surface area contributed by atoms with E-state index in [-0.39, 0.29) is 11.7 Å². The van der Waals surface area contributed by atoms with Crippen molar-refractivity contribution in [2.24, 2.45) is 10.9 Å². The van der Waals surface area contributed by atoms with Crippen LogP contribution in [0.1, 0.15) is 29.2 Å². The summed E-state index contributed by atoms with van der Waals surface area (Å²) in [6, 6.07) is 23.0. The molecule has 0 bridgehead atoms. The van der Waals surface area contributed by atoms with Crippen molar-refractivity contribution in [2.45, 2.75) is 33.5 Å². The van der Waals surface area contributed by atoms with Crippen LogP contribution in [-0.2, 0) is 16.2 Å². The Hall–Kier alpha value is -3.80. The molecule has 0 saturated heterocycles. The maximum Gasteiger partial charge on any atom is 0.268 e. The summed E-state index contributed by atoms with van der Waals surface area (Å²) in [5.74, 6) is 0.418. The van der Waals surface area contributed by atoms with Crippen LogP contribution in [0.4, 0.5) is 5.69 Å². The number of hydrogen-bond donors (Lipinski definition) is 2. The number of oxime groups is 1. The molecule has 31 heavy (non-hydrogen) atoms. The van der Waals surface area contributed by atoms with E-state index in [1.807, 2.05) is 80.6 Å². The average Bonchev–Trinajstić information content (AvgIpc) is 2.79. The van der Waals surface area contributed by atoms with Gasteiger partial charge in [-0.3, -0.25) is 4.79 Å². The Balaban J connectivity index is 1.65. The second-order valence-corrected chi connectivity index (χ2v) is 7.25. The molecule has 3 N–H and O–H groups in total. The minimum atomic E-state index is -0.824. The van der Waals surface area contributed by atoms with E-state index in [0.29, 0.717) is 17.9 Å². The quantitative estimate of drug-likeness (QED) is 0.320. The zero-order chi connectivity index (χ0) is 22.2. The number of carbonyl (C=O) groups excluding carboxylic acids is 1. The molecule has 0 aromatic heterocycles. The zero-order valence-corrected chi connectivity index (χ0v) is 18.0. The highest BCUT2D eigenvalue weighted by Gasteiger charge is 2.17. The van der Waals surface area contributed by atoms with Gasteiger partial charge in [-0.2, -0.15) is 0 Å². The SMILES string of the molecule is Cc1cccc(C)c1NC(=O)C(C)O/N=C(/N)c1ccccc1OCc1ccccc1. The third-order valence-electron chi connectivity index (χ3n) is 4.81. The summed E-state index contributed by atoms with van der Waals surface area (Å²) in [5.41, 5.74) is 10.5. The number of rotatable bonds is 8. The third-order valence-corrected chi connectivity index (χ3v) is 4.81. The van der Waals surface area contributed by atoms with Gasteiger partial charge < -0.3 is 20.6 Å². The van der Waals surface area contributed by atoms with Gasteiger partial charge >= 0.3 is 0 Å². The largest absolute Gasteiger partial charge is 0.488 e. The molecule has 0 saturated carbocycles. The van der Waals surface area contributed by atoms with E-state index >= 15 is 0 Å². The van der Waals surface area contributed by atoms with Crippen molar-refractivity contribution in [3.63, 3.8) is 0 Å². The molecule has 3 rings (SSSR count). The normalized spacial score (nSPS) is 12.2. The van der Waals surface area contributed by atoms with E-state index in [1.165, 1.54) is 0 Å². The van der Waals surface area contributed by atoms with Crippen LogP contribution < -0.4 is 15.8 Å². The molecule has 1 amide bonds. The van der Waals surface area contributed by atoms with Crippen molar-refractivity contribution in [1.29, 1.82) is 0 Å². The first-order valence-corrected chi connectivity index (χ1v) is 10.1. The van der Waals surface area contributed by atoms with Crippen molar-refractivity contribution in [1.82, 2.24) is 0 Å². The molecule has 0 fully saturated rings. The number of nitrogens with two attached hydrogens (primary N) is 1. The van der Waals surface area contributed by atoms with Gasteiger partial charge in [0.05, 0.1) is 5.56 Å². The number of amidine groups is 1. The molecular weight excluding hydrogens is 390 g/mol. The minimum absolute atomic E-state index is 0.135. The first-order valence-electron chi connectivity index (χ1n) is 10.1. The van der Waals surface area contributed by atoms with Crippen LogP contribution in [-0.4, -0.2) is 17.8 Å². The molecule has 0 aliphatic heterocycles. The number of para-hydroxylation sites is 2. The molecule has 1 unspecified atom stereocenters. The van der Waals surface area contributed by atoms with Crippen LogP contribution in [0.5, 0.6) is 5.75 Å². The van der Waals surface area contributed by atoms with Crippen molar-refractivity contribution in [2.75, 3.05) is 5.32 Å². The van der Waals surface area contributed by atoms with E-state index in [4.69, 9.17) is 15.3 Å². The Morgan fingerprint density at radius 1 is 0.968 bits per heavy atom. The van der Waals surface area contributed by atoms with E-state index in [1.54, 1.807) is 13.0 Å². The predicted octanol–water partition coefficient (Wildman–Crippen LogP) is 4.55. The summed E-state index contributed by atoms with van der Waals surface area (Å²) >= 11 is 0. The highest BCUT2D eigenvalue weighted by atomic mass is 16.6. The van der Waals surface area contributed by atoms with Gasteiger partial charge in [0.2, 0.25) is 6.10 Å². The first-order chi connectivity index (χ1) is 15.0. The van der Waals surface area contributed by atoms with E-state index < -0.39 is 6.10 Å². The number of nitrogens with zero attached hydrogens (tertiary/aromatic N) is 1. The lowest BCUT2D eigenvalue weighted by Gasteiger charge is -2.15. The van der Waals surface area contributed by atoms with Crippen LogP contribution in [0.15, 0.2) is 78.0 Å². The molecule has 0 aliphatic rings. The number of hydrogen-bond acceptors (Lipinski definition) is 4. The number of anilines is 1. The van der Waals surface area contributed by atoms with Gasteiger partial charge in [-0.15, -0.1) is 0 Å². The highest BCUT2D eigenvalue weighted by molar-refractivity contribution is 6.00. The lowest BCUT2D eigenvalue weighted by molar-refractivity contribution is -0.126. The topological polar surface area (TPSA) is 85.9 Å². The standard InChI is InChI=1S/C25H27N3O3/c1-17-10-9-11-18(2)23(17)27-25(29)19(3)31-28-24(26)21-14-7-8-15-22(21)30-16-20-12-5-4-6-13-20/h4-15,19H,16H2,1-3H3,(H2,26,28)(H,27,29). The Bertz CT molecular complexity index is 1040. The number of carbonyl (C=O) groups is 1. The van der Waals surface area contributed by atoms with Crippen LogP contribution in [0.3, 0.4) is 0 Å². The number of ether oxygens (including phenoxy) is 1. The fourth-order valence-corrected chi connectivity index (χ4v) is 3.01. The number of aryl methyl sites for hydroxylation is 2. The molecule has 0 heterocycles. The molecule has 0 radical (unpaired) electrons. The van der Waals surface area contributed by atoms with Crippen molar-refractivity contribution in [3.8, 4) is 5.75 Å². The second kappa shape index (κ2) is 10.3. The molecule has 3 aromatic carbocycles. The summed E-state index contributed by atoms with van der Waals surface area (Å²) in [6.07, 6.45) is -0.824. The summed E-state index contributed by atoms with van der Waals surface area (Å²) in [4.78, 5) is 17.9. The molecular formula is C25H27N3O3. The number of amides is 1. The molecule has 3 aromatic rings. The maximum absolute atomic E-state index is 12.5. The van der Waals surface area contributed by atoms with E-state index in [0.717, 1.165) is 22.4 Å². The zero-order valence-electron chi connectivity index (χ0n) is 18.0. The summed E-state index contributed by atoms with van der Waals surface area (Å²) in [5, 5.41) is 6.86. The van der Waals surface area contributed by atoms with Crippen LogP contribution in [0, 0.1) is 13.8 Å². The Kier molecular flexibility index (Phi) is 7.27. The lowest BCUT2D eigenvalue weighted by Crippen LogP contribution is -2.28. The number of nitrogens with one attached hydrogen (secondary N) is 1. The summed E-state index contributed by atoms with van der Waals surface area (Å²) in [7, 11) is 0. The van der Waals surface area contributed by atoms with Gasteiger partial charge in [-0.05, 0) is 49.6 Å². The van der Waals surface area contributed by atoms with Crippen molar-refractivity contribution in [3.05, 3.63) is 95.1 Å². The van der Waals surface area contributed by atoms with Gasteiger partial charge in [0.1, 0.15) is 12.4 Å². The average molecular weight is 418 g/mol. The molecule has 160 valence electrons. The minimum Gasteiger partial charge on any atom is -0.488 e. The maximum atomic E-state index is 12.5. The van der Waals surface area contributed by atoms with Crippen molar-refractivity contribution >= 4 is 17.4 Å². The lowest BCUT2D eigenvalue weighted by atomic mass is 10.1. The highest BCUT2D eigenvalue weighted by Crippen LogP contribution is 2.21. The fourth-order valence-electron chi connectivity index (χ4n) is 3.01. The van der Waals surface area contributed by atoms with Crippen LogP contribution in [0.25, 0.3) is 0 Å². The first kappa shape index (κ1) is 21.9. The monoisotopic (exact) mass is 417 g/mol. The van der Waals surface area contributed by atoms with Crippen molar-refractivity contribution < 1.29 is 14.4 Å². The molecule has 6 heteroatoms. The summed E-state index contributed by atoms with van der Waals surface area (Å²) < 4.78 is 5.91. The van der Waals surface area contributed by atoms with Gasteiger partial charge in [0.15, 0.2) is 5.84 Å².